The van der Waals surface area contributed by atoms with Crippen molar-refractivity contribution in [3.63, 3.8) is 0 Å². The summed E-state index contributed by atoms with van der Waals surface area (Å²) in [7, 11) is 0. The van der Waals surface area contributed by atoms with E-state index in [1.807, 2.05) is 51.1 Å². The summed E-state index contributed by atoms with van der Waals surface area (Å²) in [5.41, 5.74) is 0.531. The zero-order valence-corrected chi connectivity index (χ0v) is 19.3. The highest BCUT2D eigenvalue weighted by Crippen LogP contribution is 2.61. The largest absolute Gasteiger partial charge is 0.460 e. The van der Waals surface area contributed by atoms with Crippen LogP contribution in [0.25, 0.3) is 0 Å². The van der Waals surface area contributed by atoms with Crippen molar-refractivity contribution < 1.29 is 23.6 Å². The molecule has 1 spiro atoms. The van der Waals surface area contributed by atoms with Gasteiger partial charge in [0.15, 0.2) is 0 Å². The first kappa shape index (κ1) is 21.9. The number of nitrogens with zero attached hydrogens (tertiary/aromatic N) is 4. The molecule has 0 radical (unpaired) electrons. The third-order valence-electron chi connectivity index (χ3n) is 6.61. The summed E-state index contributed by atoms with van der Waals surface area (Å²) in [6.45, 7) is 6.44. The Morgan fingerprint density at radius 2 is 1.97 bits per heavy atom. The molecule has 33 heavy (non-hydrogen) atoms. The lowest BCUT2D eigenvalue weighted by molar-refractivity contribution is -0.154. The van der Waals surface area contributed by atoms with Gasteiger partial charge in [0.2, 0.25) is 11.8 Å². The lowest BCUT2D eigenvalue weighted by Gasteiger charge is -2.35. The van der Waals surface area contributed by atoms with Gasteiger partial charge < -0.3 is 14.1 Å². The molecule has 0 unspecified atom stereocenters. The molecule has 0 N–H and O–H groups in total. The van der Waals surface area contributed by atoms with Crippen LogP contribution < -0.4 is 0 Å². The minimum Gasteiger partial charge on any atom is -0.460 e. The monoisotopic (exact) mass is 454 g/mol. The topological polar surface area (TPSA) is 98.0 Å². The molecule has 1 aromatic carbocycles. The number of benzene rings is 1. The van der Waals surface area contributed by atoms with Crippen molar-refractivity contribution in [2.24, 2.45) is 5.41 Å². The smallest absolute Gasteiger partial charge is 0.345 e. The van der Waals surface area contributed by atoms with E-state index in [-0.39, 0.29) is 35.9 Å². The van der Waals surface area contributed by atoms with Crippen LogP contribution in [0.5, 0.6) is 0 Å². The zero-order valence-electron chi connectivity index (χ0n) is 19.3. The van der Waals surface area contributed by atoms with E-state index in [0.717, 1.165) is 24.8 Å². The predicted octanol–water partition coefficient (Wildman–Crippen LogP) is 3.81. The average molecular weight is 455 g/mol. The Morgan fingerprint density at radius 1 is 1.21 bits per heavy atom. The fourth-order valence-corrected chi connectivity index (χ4v) is 4.82. The number of urea groups is 1. The molecule has 2 amide bonds. The molecular weight excluding hydrogens is 424 g/mol. The third kappa shape index (κ3) is 4.46. The Balaban J connectivity index is 1.26. The van der Waals surface area contributed by atoms with Gasteiger partial charge in [-0.25, -0.2) is 4.79 Å². The van der Waals surface area contributed by atoms with Crippen LogP contribution in [0.2, 0.25) is 0 Å². The molecule has 2 aliphatic heterocycles. The van der Waals surface area contributed by atoms with Crippen molar-refractivity contribution in [2.45, 2.75) is 77.2 Å². The first-order valence-corrected chi connectivity index (χ1v) is 11.5. The predicted molar refractivity (Wildman–Crippen MR) is 116 cm³/mol. The van der Waals surface area contributed by atoms with Crippen LogP contribution in [0.15, 0.2) is 34.7 Å². The maximum Gasteiger partial charge on any atom is 0.345 e. The van der Waals surface area contributed by atoms with Gasteiger partial charge in [-0.15, -0.1) is 10.2 Å². The molecule has 2 atom stereocenters. The number of rotatable bonds is 7. The number of hydrogen-bond acceptors (Lipinski definition) is 7. The van der Waals surface area contributed by atoms with Crippen LogP contribution in [-0.4, -0.2) is 50.3 Å². The van der Waals surface area contributed by atoms with Gasteiger partial charge in [-0.1, -0.05) is 30.3 Å². The number of carbonyl (C=O) groups excluding carboxylic acids is 2. The van der Waals surface area contributed by atoms with E-state index in [2.05, 4.69) is 10.2 Å². The van der Waals surface area contributed by atoms with Gasteiger partial charge in [0, 0.05) is 13.0 Å². The average Bonchev–Trinajstić information content (AvgIpc) is 3.26. The van der Waals surface area contributed by atoms with Gasteiger partial charge in [-0.05, 0) is 51.0 Å². The molecule has 9 heteroatoms. The van der Waals surface area contributed by atoms with Crippen LogP contribution >= 0.6 is 0 Å². The minimum absolute atomic E-state index is 0.0369. The molecule has 5 rings (SSSR count). The Morgan fingerprint density at radius 3 is 2.67 bits per heavy atom. The highest BCUT2D eigenvalue weighted by atomic mass is 16.7. The van der Waals surface area contributed by atoms with Crippen LogP contribution in [0.4, 0.5) is 4.79 Å². The third-order valence-corrected chi connectivity index (χ3v) is 6.61. The molecule has 1 aliphatic carbocycles. The molecular formula is C24H30N4O5. The number of esters is 1. The highest BCUT2D eigenvalue weighted by molar-refractivity contribution is 5.77. The van der Waals surface area contributed by atoms with Crippen molar-refractivity contribution in [3.8, 4) is 0 Å². The molecule has 1 aromatic heterocycles. The number of hydroxylamine groups is 2. The number of ether oxygens (including phenoxy) is 1. The van der Waals surface area contributed by atoms with Crippen LogP contribution in [-0.2, 0) is 27.4 Å². The Labute approximate surface area is 193 Å². The van der Waals surface area contributed by atoms with E-state index in [4.69, 9.17) is 14.0 Å². The fraction of sp³-hybridized carbons (Fsp3) is 0.583. The number of aromatic nitrogens is 2. The number of amides is 2. The molecule has 1 saturated carbocycles. The standard InChI is InChI=1S/C24H30N4O5/c1-23(2,3)33-20(29)10-9-19-25-26-21(32-19)17-13-24(11-12-24)18-14-27(17)22(30)28(18)31-15-16-7-5-4-6-8-16/h4-8,17-18H,9-15H2,1-3H3/t17-,18-/m0/s1. The van der Waals surface area contributed by atoms with E-state index >= 15 is 0 Å². The lowest BCUT2D eigenvalue weighted by Crippen LogP contribution is -2.42. The quantitative estimate of drug-likeness (QED) is 0.587. The Hall–Kier alpha value is -2.94. The van der Waals surface area contributed by atoms with Crippen LogP contribution in [0, 0.1) is 5.41 Å². The minimum atomic E-state index is -0.529. The van der Waals surface area contributed by atoms with Crippen molar-refractivity contribution in [3.05, 3.63) is 47.7 Å². The van der Waals surface area contributed by atoms with Gasteiger partial charge in [-0.2, -0.15) is 5.06 Å². The molecule has 9 nitrogen and oxygen atoms in total. The van der Waals surface area contributed by atoms with Crippen molar-refractivity contribution in [2.75, 3.05) is 6.54 Å². The molecule has 2 saturated heterocycles. The first-order chi connectivity index (χ1) is 15.7. The number of carbonyl (C=O) groups is 2. The molecule has 3 fully saturated rings. The summed E-state index contributed by atoms with van der Waals surface area (Å²) in [6, 6.07) is 9.46. The fourth-order valence-electron chi connectivity index (χ4n) is 4.82. The molecule has 3 aliphatic rings. The lowest BCUT2D eigenvalue weighted by atomic mass is 9.85. The van der Waals surface area contributed by atoms with Gasteiger partial charge in [0.05, 0.1) is 12.5 Å². The van der Waals surface area contributed by atoms with Gasteiger partial charge in [0.1, 0.15) is 18.2 Å². The number of fused-ring (bicyclic) bond motifs is 3. The summed E-state index contributed by atoms with van der Waals surface area (Å²) in [5.74, 6) is 0.504. The summed E-state index contributed by atoms with van der Waals surface area (Å²) in [5, 5.41) is 9.93. The van der Waals surface area contributed by atoms with Gasteiger partial charge in [-0.3, -0.25) is 9.63 Å². The molecule has 176 valence electrons. The molecule has 2 aromatic rings. The number of aryl methyl sites for hydroxylation is 1. The normalized spacial score (nSPS) is 23.3. The second-order valence-electron chi connectivity index (χ2n) is 10.2. The van der Waals surface area contributed by atoms with Crippen LogP contribution in [0.3, 0.4) is 0 Å². The second-order valence-corrected chi connectivity index (χ2v) is 10.2. The maximum absolute atomic E-state index is 13.2. The zero-order chi connectivity index (χ0) is 23.2. The SMILES string of the molecule is CC(C)(C)OC(=O)CCc1nnc([C@@H]2CC3(CC3)[C@@H]3CN2C(=O)N3OCc2ccccc2)o1. The van der Waals surface area contributed by atoms with E-state index in [1.165, 1.54) is 0 Å². The second kappa shape index (κ2) is 8.13. The molecule has 3 heterocycles. The van der Waals surface area contributed by atoms with Crippen LogP contribution in [0.1, 0.15) is 69.8 Å². The summed E-state index contributed by atoms with van der Waals surface area (Å²) in [4.78, 5) is 33.0. The number of piperidine rings is 1. The van der Waals surface area contributed by atoms with Gasteiger partial charge in [0.25, 0.3) is 0 Å². The van der Waals surface area contributed by atoms with E-state index in [1.54, 1.807) is 9.96 Å². The Kier molecular flexibility index (Phi) is 5.39. The maximum atomic E-state index is 13.2. The summed E-state index contributed by atoms with van der Waals surface area (Å²) >= 11 is 0. The van der Waals surface area contributed by atoms with Crippen molar-refractivity contribution in [1.29, 1.82) is 0 Å². The van der Waals surface area contributed by atoms with E-state index in [9.17, 15) is 9.59 Å². The van der Waals surface area contributed by atoms with Crippen molar-refractivity contribution in [1.82, 2.24) is 20.2 Å². The van der Waals surface area contributed by atoms with Gasteiger partial charge >= 0.3 is 12.0 Å². The van der Waals surface area contributed by atoms with E-state index in [0.29, 0.717) is 31.4 Å². The van der Waals surface area contributed by atoms with Crippen molar-refractivity contribution >= 4 is 12.0 Å². The summed E-state index contributed by atoms with van der Waals surface area (Å²) < 4.78 is 11.2. The first-order valence-electron chi connectivity index (χ1n) is 11.5. The number of hydrogen-bond donors (Lipinski definition) is 0. The summed E-state index contributed by atoms with van der Waals surface area (Å²) in [6.07, 6.45) is 3.37. The highest BCUT2D eigenvalue weighted by Gasteiger charge is 2.64. The Bertz CT molecular complexity index is 1030. The van der Waals surface area contributed by atoms with E-state index < -0.39 is 5.60 Å². The molecule has 2 bridgehead atoms.